The molecule has 0 bridgehead atoms. The van der Waals surface area contributed by atoms with Crippen LogP contribution in [-0.4, -0.2) is 96.7 Å². The molecule has 0 fully saturated rings. The van der Waals surface area contributed by atoms with Gasteiger partial charge in [-0.3, -0.25) is 37.3 Å². The van der Waals surface area contributed by atoms with Crippen molar-refractivity contribution in [2.75, 3.05) is 39.6 Å². The van der Waals surface area contributed by atoms with E-state index in [2.05, 4.69) is 55.4 Å². The molecule has 0 saturated heterocycles. The second-order valence-electron chi connectivity index (χ2n) is 28.9. The summed E-state index contributed by atoms with van der Waals surface area (Å²) in [5, 5.41) is 10.6. The van der Waals surface area contributed by atoms with Crippen LogP contribution in [-0.2, 0) is 65.4 Å². The van der Waals surface area contributed by atoms with Crippen LogP contribution >= 0.6 is 15.6 Å². The molecular weight excluding hydrogens is 1230 g/mol. The monoisotopic (exact) mass is 1380 g/mol. The Morgan fingerprint density at radius 1 is 0.266 bits per heavy atom. The highest BCUT2D eigenvalue weighted by atomic mass is 31.2. The summed E-state index contributed by atoms with van der Waals surface area (Å²) < 4.78 is 68.4. The van der Waals surface area contributed by atoms with Gasteiger partial charge in [-0.05, 0) is 49.4 Å². The van der Waals surface area contributed by atoms with Crippen molar-refractivity contribution in [1.29, 1.82) is 0 Å². The summed E-state index contributed by atoms with van der Waals surface area (Å²) in [7, 11) is -9.91. The minimum atomic E-state index is -4.96. The Kier molecular flexibility index (Phi) is 63.1. The number of rotatable bonds is 72. The lowest BCUT2D eigenvalue weighted by Crippen LogP contribution is -2.30. The van der Waals surface area contributed by atoms with Crippen molar-refractivity contribution in [1.82, 2.24) is 0 Å². The summed E-state index contributed by atoms with van der Waals surface area (Å²) >= 11 is 0. The van der Waals surface area contributed by atoms with Crippen molar-refractivity contribution >= 4 is 39.5 Å². The van der Waals surface area contributed by atoms with Gasteiger partial charge < -0.3 is 33.8 Å². The van der Waals surface area contributed by atoms with Gasteiger partial charge in [0.05, 0.1) is 26.4 Å². The van der Waals surface area contributed by atoms with E-state index in [0.29, 0.717) is 31.6 Å². The fraction of sp³-hybridized carbons (Fsp3) is 0.947. The van der Waals surface area contributed by atoms with Gasteiger partial charge in [-0.15, -0.1) is 0 Å². The van der Waals surface area contributed by atoms with Crippen LogP contribution in [0, 0.1) is 23.7 Å². The van der Waals surface area contributed by atoms with Gasteiger partial charge >= 0.3 is 39.5 Å². The van der Waals surface area contributed by atoms with Crippen molar-refractivity contribution in [3.05, 3.63) is 0 Å². The molecular formula is C75H146O17P2. The minimum absolute atomic E-state index is 0.105. The van der Waals surface area contributed by atoms with Crippen molar-refractivity contribution in [3.8, 4) is 0 Å². The summed E-state index contributed by atoms with van der Waals surface area (Å²) in [5.41, 5.74) is 0. The van der Waals surface area contributed by atoms with Crippen LogP contribution in [0.15, 0.2) is 0 Å². The lowest BCUT2D eigenvalue weighted by Gasteiger charge is -2.21. The van der Waals surface area contributed by atoms with Gasteiger partial charge in [0.15, 0.2) is 12.2 Å². The van der Waals surface area contributed by atoms with E-state index in [0.717, 1.165) is 114 Å². The number of hydrogen-bond acceptors (Lipinski definition) is 15. The first-order chi connectivity index (χ1) is 45.1. The van der Waals surface area contributed by atoms with Gasteiger partial charge in [-0.2, -0.15) is 0 Å². The summed E-state index contributed by atoms with van der Waals surface area (Å²) in [6.07, 6.45) is 48.9. The molecule has 5 atom stereocenters. The van der Waals surface area contributed by atoms with Crippen molar-refractivity contribution in [2.45, 2.75) is 395 Å². The number of ether oxygens (including phenoxy) is 4. The van der Waals surface area contributed by atoms with Crippen LogP contribution in [0.1, 0.15) is 376 Å². The summed E-state index contributed by atoms with van der Waals surface area (Å²) in [6, 6.07) is 0. The van der Waals surface area contributed by atoms with E-state index in [1.807, 2.05) is 0 Å². The lowest BCUT2D eigenvalue weighted by molar-refractivity contribution is -0.161. The lowest BCUT2D eigenvalue weighted by atomic mass is 10.0. The van der Waals surface area contributed by atoms with Gasteiger partial charge in [0.2, 0.25) is 0 Å². The smallest absolute Gasteiger partial charge is 0.462 e. The average molecular weight is 1380 g/mol. The van der Waals surface area contributed by atoms with E-state index in [1.54, 1.807) is 0 Å². The number of unbranched alkanes of at least 4 members (excludes halogenated alkanes) is 38. The number of phosphoric acid groups is 2. The number of aliphatic hydroxyl groups excluding tert-OH is 1. The minimum Gasteiger partial charge on any atom is -0.462 e. The van der Waals surface area contributed by atoms with Crippen LogP contribution in [0.3, 0.4) is 0 Å². The Hall–Kier alpha value is -1.94. The van der Waals surface area contributed by atoms with E-state index in [1.165, 1.54) is 173 Å². The third-order valence-electron chi connectivity index (χ3n) is 17.3. The molecule has 558 valence electrons. The first-order valence-electron chi connectivity index (χ1n) is 38.7. The fourth-order valence-electron chi connectivity index (χ4n) is 11.4. The van der Waals surface area contributed by atoms with Gasteiger partial charge in [-0.1, -0.05) is 325 Å². The highest BCUT2D eigenvalue weighted by Gasteiger charge is 2.30. The summed E-state index contributed by atoms with van der Waals surface area (Å²) in [6.45, 7) is 14.1. The Balaban J connectivity index is 5.17. The molecule has 0 radical (unpaired) electrons. The first-order valence-corrected chi connectivity index (χ1v) is 41.7. The van der Waals surface area contributed by atoms with Crippen molar-refractivity contribution in [2.24, 2.45) is 23.7 Å². The standard InChI is InChI=1S/C75H146O17P2/c1-65(2)51-43-35-27-21-17-15-13-11-9-10-12-14-16-18-23-31-41-49-57-74(79)92-71(62-86-73(78)56-48-40-34-33-38-46-54-68(7)8)64-90-94(83,84)88-60-69(76)59-87-93(81,82)89-63-70(61-85-72(77)55-47-39-30-26-25-29-37-45-53-67(5)6)91-75(80)58-50-42-32-24-20-19-22-28-36-44-52-66(3)4/h65-71,76H,9-64H2,1-8H3,(H,81,82)(H,83,84)/t69?,70-,71-/m1/s1. The van der Waals surface area contributed by atoms with Gasteiger partial charge in [-0.25, -0.2) is 9.13 Å². The van der Waals surface area contributed by atoms with E-state index >= 15 is 0 Å². The number of phosphoric ester groups is 2. The largest absolute Gasteiger partial charge is 0.472 e. The van der Waals surface area contributed by atoms with Gasteiger partial charge in [0, 0.05) is 25.7 Å². The third-order valence-corrected chi connectivity index (χ3v) is 19.2. The maximum absolute atomic E-state index is 13.0. The average Bonchev–Trinajstić information content (AvgIpc) is 1.56. The third kappa shape index (κ3) is 68.6. The molecule has 0 aromatic heterocycles. The Labute approximate surface area is 575 Å². The number of hydrogen-bond donors (Lipinski definition) is 3. The molecule has 0 aromatic carbocycles. The molecule has 0 spiro atoms. The molecule has 17 nitrogen and oxygen atoms in total. The predicted molar refractivity (Wildman–Crippen MR) is 381 cm³/mol. The van der Waals surface area contributed by atoms with E-state index in [4.69, 9.17) is 37.0 Å². The van der Waals surface area contributed by atoms with Crippen LogP contribution < -0.4 is 0 Å². The zero-order valence-corrected chi connectivity index (χ0v) is 63.4. The van der Waals surface area contributed by atoms with Crippen molar-refractivity contribution < 1.29 is 80.2 Å². The molecule has 0 heterocycles. The summed E-state index contributed by atoms with van der Waals surface area (Å²) in [5.74, 6) is 0.852. The molecule has 3 N–H and O–H groups in total. The molecule has 0 aliphatic heterocycles. The second-order valence-corrected chi connectivity index (χ2v) is 31.9. The summed E-state index contributed by atoms with van der Waals surface area (Å²) in [4.78, 5) is 72.7. The zero-order valence-electron chi connectivity index (χ0n) is 61.6. The number of carbonyl (C=O) groups excluding carboxylic acids is 4. The van der Waals surface area contributed by atoms with Gasteiger partial charge in [0.1, 0.15) is 19.3 Å². The molecule has 0 aliphatic rings. The quantitative estimate of drug-likeness (QED) is 0.0222. The van der Waals surface area contributed by atoms with E-state index in [9.17, 15) is 43.2 Å². The predicted octanol–water partition coefficient (Wildman–Crippen LogP) is 21.7. The molecule has 0 amide bonds. The van der Waals surface area contributed by atoms with Crippen LogP contribution in [0.5, 0.6) is 0 Å². The zero-order chi connectivity index (χ0) is 69.6. The molecule has 0 rings (SSSR count). The Morgan fingerprint density at radius 2 is 0.447 bits per heavy atom. The normalized spacial score (nSPS) is 14.2. The molecule has 3 unspecified atom stereocenters. The Bertz CT molecular complexity index is 1850. The fourth-order valence-corrected chi connectivity index (χ4v) is 13.0. The van der Waals surface area contributed by atoms with Crippen LogP contribution in [0.4, 0.5) is 0 Å². The SMILES string of the molecule is CC(C)CCCCCCCCCCCCCCCCCCCCC(=O)O[C@H](COC(=O)CCCCCCCCC(C)C)COP(=O)(O)OCC(O)COP(=O)(O)OC[C@@H](COC(=O)CCCCCCCCCCC(C)C)OC(=O)CCCCCCCCCCCCC(C)C. The Morgan fingerprint density at radius 3 is 0.660 bits per heavy atom. The van der Waals surface area contributed by atoms with E-state index in [-0.39, 0.29) is 25.7 Å². The maximum Gasteiger partial charge on any atom is 0.472 e. The molecule has 0 saturated carbocycles. The highest BCUT2D eigenvalue weighted by molar-refractivity contribution is 7.47. The van der Waals surface area contributed by atoms with Crippen LogP contribution in [0.2, 0.25) is 0 Å². The molecule has 0 aromatic rings. The molecule has 19 heteroatoms. The second kappa shape index (κ2) is 64.4. The number of carbonyl (C=O) groups is 4. The molecule has 94 heavy (non-hydrogen) atoms. The number of esters is 4. The van der Waals surface area contributed by atoms with Crippen molar-refractivity contribution in [3.63, 3.8) is 0 Å². The maximum atomic E-state index is 13.0. The van der Waals surface area contributed by atoms with Crippen LogP contribution in [0.25, 0.3) is 0 Å². The number of aliphatic hydroxyl groups is 1. The molecule has 0 aliphatic carbocycles. The van der Waals surface area contributed by atoms with E-state index < -0.39 is 97.5 Å². The van der Waals surface area contributed by atoms with Gasteiger partial charge in [0.25, 0.3) is 0 Å². The topological polar surface area (TPSA) is 237 Å². The highest BCUT2D eigenvalue weighted by Crippen LogP contribution is 2.45. The first kappa shape index (κ1) is 92.1.